The van der Waals surface area contributed by atoms with Gasteiger partial charge < -0.3 is 0 Å². The lowest BCUT2D eigenvalue weighted by molar-refractivity contribution is 0.219. The zero-order chi connectivity index (χ0) is 14.0. The average Bonchev–Trinajstić information content (AvgIpc) is 2.61. The first-order chi connectivity index (χ1) is 8.98. The molecule has 0 atom stereocenters. The van der Waals surface area contributed by atoms with Crippen molar-refractivity contribution in [1.82, 2.24) is 19.3 Å². The molecule has 0 radical (unpaired) electrons. The minimum Gasteiger partial charge on any atom is -0.235 e. The molecule has 0 unspecified atom stereocenters. The Hall–Kier alpha value is 0.01000. The van der Waals surface area contributed by atoms with E-state index >= 15 is 0 Å². The van der Waals surface area contributed by atoms with E-state index < -0.39 is 10.0 Å². The molecule has 1 aliphatic carbocycles. The van der Waals surface area contributed by atoms with Crippen LogP contribution >= 0.6 is 31.9 Å². The summed E-state index contributed by atoms with van der Waals surface area (Å²) in [5.41, 5.74) is 0. The number of nitrogens with zero attached hydrogens (tertiary/aromatic N) is 4. The fourth-order valence-electron chi connectivity index (χ4n) is 2.10. The Kier molecular flexibility index (Phi) is 5.02. The fraction of sp³-hybridized carbons (Fsp3) is 0.800. The van der Waals surface area contributed by atoms with E-state index in [2.05, 4.69) is 42.2 Å². The summed E-state index contributed by atoms with van der Waals surface area (Å²) in [5.74, 6) is 0. The van der Waals surface area contributed by atoms with Crippen LogP contribution < -0.4 is 0 Å². The lowest BCUT2D eigenvalue weighted by Crippen LogP contribution is -2.45. The molecule has 6 nitrogen and oxygen atoms in total. The van der Waals surface area contributed by atoms with Crippen LogP contribution in [-0.2, 0) is 17.1 Å². The largest absolute Gasteiger partial charge is 0.263 e. The number of alkyl halides is 1. The molecule has 19 heavy (non-hydrogen) atoms. The highest BCUT2D eigenvalue weighted by Crippen LogP contribution is 2.31. The third-order valence-electron chi connectivity index (χ3n) is 3.28. The highest BCUT2D eigenvalue weighted by molar-refractivity contribution is 9.10. The Morgan fingerprint density at radius 3 is 2.58 bits per heavy atom. The van der Waals surface area contributed by atoms with Gasteiger partial charge in [-0.15, -0.1) is 5.10 Å². The second-order valence-corrected chi connectivity index (χ2v) is 7.90. The topological polar surface area (TPSA) is 68.1 Å². The summed E-state index contributed by atoms with van der Waals surface area (Å²) in [6.45, 7) is 0.524. The van der Waals surface area contributed by atoms with E-state index in [9.17, 15) is 8.42 Å². The maximum atomic E-state index is 12.8. The molecular weight excluding hydrogens is 400 g/mol. The first-order valence-corrected chi connectivity index (χ1v) is 9.47. The SMILES string of the molecule is Cn1nnc(Br)c1S(=O)(=O)N(CCCBr)C1CCC1. The van der Waals surface area contributed by atoms with Gasteiger partial charge in [0.2, 0.25) is 5.03 Å². The minimum absolute atomic E-state index is 0.117. The number of hydrogen-bond acceptors (Lipinski definition) is 4. The zero-order valence-corrected chi connectivity index (χ0v) is 14.6. The van der Waals surface area contributed by atoms with Gasteiger partial charge in [0.05, 0.1) is 0 Å². The fourth-order valence-corrected chi connectivity index (χ4v) is 5.11. The van der Waals surface area contributed by atoms with Crippen LogP contribution in [-0.4, -0.2) is 45.6 Å². The second-order valence-electron chi connectivity index (χ2n) is 4.55. The number of aromatic nitrogens is 3. The summed E-state index contributed by atoms with van der Waals surface area (Å²) in [5, 5.41) is 8.44. The van der Waals surface area contributed by atoms with E-state index in [-0.39, 0.29) is 15.7 Å². The summed E-state index contributed by atoms with van der Waals surface area (Å²) in [7, 11) is -1.96. The van der Waals surface area contributed by atoms with Crippen molar-refractivity contribution >= 4 is 41.9 Å². The highest BCUT2D eigenvalue weighted by atomic mass is 79.9. The molecular formula is C10H16Br2N4O2S. The predicted molar refractivity (Wildman–Crippen MR) is 78.6 cm³/mol. The molecule has 1 heterocycles. The molecule has 1 aromatic heterocycles. The third kappa shape index (κ3) is 3.03. The summed E-state index contributed by atoms with van der Waals surface area (Å²) < 4.78 is 28.7. The van der Waals surface area contributed by atoms with Crippen molar-refractivity contribution in [2.75, 3.05) is 11.9 Å². The van der Waals surface area contributed by atoms with E-state index in [1.165, 1.54) is 4.68 Å². The first kappa shape index (κ1) is 15.4. The van der Waals surface area contributed by atoms with Crippen molar-refractivity contribution in [3.8, 4) is 0 Å². The van der Waals surface area contributed by atoms with Crippen molar-refractivity contribution in [2.24, 2.45) is 7.05 Å². The monoisotopic (exact) mass is 414 g/mol. The molecule has 0 N–H and O–H groups in total. The molecule has 1 saturated carbocycles. The van der Waals surface area contributed by atoms with Gasteiger partial charge in [0.25, 0.3) is 10.0 Å². The van der Waals surface area contributed by atoms with Crippen molar-refractivity contribution in [3.05, 3.63) is 4.60 Å². The van der Waals surface area contributed by atoms with Crippen molar-refractivity contribution in [1.29, 1.82) is 0 Å². The molecule has 0 saturated heterocycles. The molecule has 0 aliphatic heterocycles. The van der Waals surface area contributed by atoms with E-state index in [1.807, 2.05) is 0 Å². The Labute approximate surface area is 129 Å². The zero-order valence-electron chi connectivity index (χ0n) is 10.6. The van der Waals surface area contributed by atoms with Crippen molar-refractivity contribution < 1.29 is 8.42 Å². The van der Waals surface area contributed by atoms with E-state index in [0.717, 1.165) is 31.0 Å². The molecule has 1 fully saturated rings. The van der Waals surface area contributed by atoms with Crippen LogP contribution in [0.3, 0.4) is 0 Å². The van der Waals surface area contributed by atoms with Gasteiger partial charge in [-0.2, -0.15) is 4.31 Å². The molecule has 108 valence electrons. The normalized spacial score (nSPS) is 16.8. The molecule has 1 aliphatic rings. The van der Waals surface area contributed by atoms with Crippen LogP contribution in [0.5, 0.6) is 0 Å². The maximum absolute atomic E-state index is 12.8. The molecule has 9 heteroatoms. The summed E-state index contributed by atoms with van der Waals surface area (Å²) in [4.78, 5) is 0. The number of sulfonamides is 1. The molecule has 2 rings (SSSR count). The summed E-state index contributed by atoms with van der Waals surface area (Å²) in [6.07, 6.45) is 3.75. The van der Waals surface area contributed by atoms with Crippen LogP contribution in [0.1, 0.15) is 25.7 Å². The van der Waals surface area contributed by atoms with Crippen LogP contribution in [0.2, 0.25) is 0 Å². The van der Waals surface area contributed by atoms with Crippen molar-refractivity contribution in [2.45, 2.75) is 36.8 Å². The Morgan fingerprint density at radius 2 is 2.16 bits per heavy atom. The number of halogens is 2. The van der Waals surface area contributed by atoms with Crippen LogP contribution in [0.4, 0.5) is 0 Å². The van der Waals surface area contributed by atoms with E-state index in [0.29, 0.717) is 6.54 Å². The van der Waals surface area contributed by atoms with Crippen LogP contribution in [0.25, 0.3) is 0 Å². The number of hydrogen-bond donors (Lipinski definition) is 0. The van der Waals surface area contributed by atoms with Crippen molar-refractivity contribution in [3.63, 3.8) is 0 Å². The van der Waals surface area contributed by atoms with Gasteiger partial charge in [0.15, 0.2) is 4.60 Å². The number of rotatable bonds is 6. The smallest absolute Gasteiger partial charge is 0.235 e. The Balaban J connectivity index is 2.33. The molecule has 1 aromatic rings. The lowest BCUT2D eigenvalue weighted by Gasteiger charge is -2.36. The van der Waals surface area contributed by atoms with Gasteiger partial charge in [-0.05, 0) is 35.2 Å². The summed E-state index contributed by atoms with van der Waals surface area (Å²) >= 11 is 6.52. The van der Waals surface area contributed by atoms with Gasteiger partial charge in [-0.3, -0.25) is 0 Å². The van der Waals surface area contributed by atoms with Crippen LogP contribution in [0, 0.1) is 0 Å². The number of aryl methyl sites for hydroxylation is 1. The van der Waals surface area contributed by atoms with Gasteiger partial charge >= 0.3 is 0 Å². The Morgan fingerprint density at radius 1 is 1.47 bits per heavy atom. The van der Waals surface area contributed by atoms with Gasteiger partial charge in [-0.1, -0.05) is 27.6 Å². The van der Waals surface area contributed by atoms with E-state index in [4.69, 9.17) is 0 Å². The Bertz CT molecular complexity index is 522. The minimum atomic E-state index is -3.55. The average molecular weight is 416 g/mol. The van der Waals surface area contributed by atoms with E-state index in [1.54, 1.807) is 11.4 Å². The predicted octanol–water partition coefficient (Wildman–Crippen LogP) is 1.91. The lowest BCUT2D eigenvalue weighted by atomic mass is 9.93. The standard InChI is InChI=1S/C10H16Br2N4O2S/c1-15-10(9(12)13-14-15)19(17,18)16(7-3-6-11)8-4-2-5-8/h8H,2-7H2,1H3. The molecule has 0 spiro atoms. The van der Waals surface area contributed by atoms with Gasteiger partial charge in [0.1, 0.15) is 0 Å². The molecule has 0 amide bonds. The molecule has 0 bridgehead atoms. The van der Waals surface area contributed by atoms with Gasteiger partial charge in [-0.25, -0.2) is 13.1 Å². The quantitative estimate of drug-likeness (QED) is 0.665. The first-order valence-electron chi connectivity index (χ1n) is 6.11. The highest BCUT2D eigenvalue weighted by Gasteiger charge is 2.37. The maximum Gasteiger partial charge on any atom is 0.263 e. The second kappa shape index (κ2) is 6.19. The molecule has 0 aromatic carbocycles. The van der Waals surface area contributed by atoms with Crippen LogP contribution in [0.15, 0.2) is 9.63 Å². The summed E-state index contributed by atoms with van der Waals surface area (Å²) in [6, 6.07) is 0.117. The van der Waals surface area contributed by atoms with Gasteiger partial charge in [0, 0.05) is 25.0 Å². The third-order valence-corrected chi connectivity index (χ3v) is 6.69.